The molecule has 2 heterocycles. The monoisotopic (exact) mass is 163 g/mol. The average molecular weight is 163 g/mol. The Balaban J connectivity index is 2.91. The molecule has 4 heteroatoms. The van der Waals surface area contributed by atoms with Crippen LogP contribution in [0.15, 0.2) is 29.7 Å². The Hall–Kier alpha value is -1.16. The summed E-state index contributed by atoms with van der Waals surface area (Å²) in [6, 6.07) is 0. The SMILES string of the molecule is Sc1cncc2nccnc12. The van der Waals surface area contributed by atoms with Crippen molar-refractivity contribution < 1.29 is 0 Å². The second-order valence-corrected chi connectivity index (χ2v) is 2.56. The highest BCUT2D eigenvalue weighted by Gasteiger charge is 1.97. The van der Waals surface area contributed by atoms with Crippen LogP contribution in [0, 0.1) is 0 Å². The van der Waals surface area contributed by atoms with Gasteiger partial charge in [0.2, 0.25) is 0 Å². The third kappa shape index (κ3) is 1.05. The normalized spacial score (nSPS) is 10.3. The zero-order chi connectivity index (χ0) is 7.68. The molecule has 0 unspecified atom stereocenters. The van der Waals surface area contributed by atoms with Gasteiger partial charge in [0, 0.05) is 18.6 Å². The van der Waals surface area contributed by atoms with E-state index in [4.69, 9.17) is 0 Å². The molecule has 0 N–H and O–H groups in total. The van der Waals surface area contributed by atoms with E-state index in [2.05, 4.69) is 27.6 Å². The first-order valence-electron chi connectivity index (χ1n) is 3.11. The van der Waals surface area contributed by atoms with Gasteiger partial charge in [0.05, 0.1) is 11.1 Å². The summed E-state index contributed by atoms with van der Waals surface area (Å²) in [5.41, 5.74) is 1.57. The largest absolute Gasteiger partial charge is 0.261 e. The molecule has 54 valence electrons. The van der Waals surface area contributed by atoms with Crippen LogP contribution in [0.4, 0.5) is 0 Å². The minimum absolute atomic E-state index is 0.760. The lowest BCUT2D eigenvalue weighted by molar-refractivity contribution is 1.20. The van der Waals surface area contributed by atoms with Crippen molar-refractivity contribution >= 4 is 23.7 Å². The molecule has 11 heavy (non-hydrogen) atoms. The van der Waals surface area contributed by atoms with Gasteiger partial charge in [-0.05, 0) is 0 Å². The van der Waals surface area contributed by atoms with E-state index in [1.165, 1.54) is 0 Å². The van der Waals surface area contributed by atoms with Gasteiger partial charge in [-0.25, -0.2) is 0 Å². The van der Waals surface area contributed by atoms with Crippen LogP contribution in [0.5, 0.6) is 0 Å². The summed E-state index contributed by atoms with van der Waals surface area (Å²) in [6.45, 7) is 0. The fourth-order valence-electron chi connectivity index (χ4n) is 0.880. The summed E-state index contributed by atoms with van der Waals surface area (Å²) in [5, 5.41) is 0. The third-order valence-electron chi connectivity index (χ3n) is 1.36. The molecule has 0 saturated heterocycles. The zero-order valence-corrected chi connectivity index (χ0v) is 6.49. The molecule has 0 amide bonds. The highest BCUT2D eigenvalue weighted by molar-refractivity contribution is 7.80. The van der Waals surface area contributed by atoms with Gasteiger partial charge >= 0.3 is 0 Å². The van der Waals surface area contributed by atoms with Crippen molar-refractivity contribution in [2.45, 2.75) is 4.90 Å². The molecular weight excluding hydrogens is 158 g/mol. The molecular formula is C7H5N3S. The van der Waals surface area contributed by atoms with Gasteiger partial charge in [-0.2, -0.15) is 0 Å². The first-order valence-corrected chi connectivity index (χ1v) is 3.56. The van der Waals surface area contributed by atoms with Crippen molar-refractivity contribution in [3.8, 4) is 0 Å². The highest BCUT2D eigenvalue weighted by Crippen LogP contribution is 2.14. The van der Waals surface area contributed by atoms with Crippen molar-refractivity contribution in [3.05, 3.63) is 24.8 Å². The number of hydrogen-bond acceptors (Lipinski definition) is 4. The number of hydrogen-bond donors (Lipinski definition) is 1. The molecule has 0 radical (unpaired) electrons. The molecule has 0 aromatic carbocycles. The van der Waals surface area contributed by atoms with Crippen LogP contribution >= 0.6 is 12.6 Å². The maximum absolute atomic E-state index is 4.19. The smallest absolute Gasteiger partial charge is 0.108 e. The second kappa shape index (κ2) is 2.47. The van der Waals surface area contributed by atoms with Gasteiger partial charge in [-0.3, -0.25) is 15.0 Å². The van der Waals surface area contributed by atoms with Crippen LogP contribution in [0.1, 0.15) is 0 Å². The summed E-state index contributed by atoms with van der Waals surface area (Å²) in [4.78, 5) is 12.9. The molecule has 0 saturated carbocycles. The fraction of sp³-hybridized carbons (Fsp3) is 0. The molecule has 0 spiro atoms. The summed E-state index contributed by atoms with van der Waals surface area (Å²) in [6.07, 6.45) is 6.60. The molecule has 3 nitrogen and oxygen atoms in total. The predicted octanol–water partition coefficient (Wildman–Crippen LogP) is 1.31. The van der Waals surface area contributed by atoms with E-state index in [9.17, 15) is 0 Å². The van der Waals surface area contributed by atoms with Gasteiger partial charge in [0.1, 0.15) is 11.0 Å². The number of thiol groups is 1. The lowest BCUT2D eigenvalue weighted by atomic mass is 10.4. The quantitative estimate of drug-likeness (QED) is 0.595. The zero-order valence-electron chi connectivity index (χ0n) is 5.60. The maximum Gasteiger partial charge on any atom is 0.108 e. The number of pyridine rings is 1. The summed E-state index contributed by atoms with van der Waals surface area (Å²) in [5.74, 6) is 0. The highest BCUT2D eigenvalue weighted by atomic mass is 32.1. The third-order valence-corrected chi connectivity index (χ3v) is 1.69. The maximum atomic E-state index is 4.19. The molecule has 2 aromatic rings. The molecule has 0 fully saturated rings. The Kier molecular flexibility index (Phi) is 1.47. The molecule has 0 aliphatic carbocycles. The second-order valence-electron chi connectivity index (χ2n) is 2.08. The lowest BCUT2D eigenvalue weighted by Gasteiger charge is -1.95. The van der Waals surface area contributed by atoms with E-state index in [0.29, 0.717) is 0 Å². The molecule has 0 bridgehead atoms. The van der Waals surface area contributed by atoms with Gasteiger partial charge in [-0.1, -0.05) is 0 Å². The Morgan fingerprint density at radius 1 is 1.09 bits per heavy atom. The lowest BCUT2D eigenvalue weighted by Crippen LogP contribution is -1.84. The first kappa shape index (κ1) is 6.54. The topological polar surface area (TPSA) is 38.7 Å². The van der Waals surface area contributed by atoms with Crippen molar-refractivity contribution in [2.24, 2.45) is 0 Å². The summed E-state index contributed by atoms with van der Waals surface area (Å²) >= 11 is 4.19. The minimum atomic E-state index is 0.760. The predicted molar refractivity (Wildman–Crippen MR) is 44.6 cm³/mol. The van der Waals surface area contributed by atoms with Crippen LogP contribution in [-0.4, -0.2) is 15.0 Å². The number of rotatable bonds is 0. The van der Waals surface area contributed by atoms with E-state index in [1.54, 1.807) is 24.8 Å². The fourth-order valence-corrected chi connectivity index (χ4v) is 1.12. The summed E-state index contributed by atoms with van der Waals surface area (Å²) in [7, 11) is 0. The van der Waals surface area contributed by atoms with Crippen molar-refractivity contribution in [1.29, 1.82) is 0 Å². The van der Waals surface area contributed by atoms with Gasteiger partial charge < -0.3 is 0 Å². The first-order chi connectivity index (χ1) is 5.38. The molecule has 2 aromatic heterocycles. The van der Waals surface area contributed by atoms with Crippen LogP contribution < -0.4 is 0 Å². The Bertz CT molecular complexity index is 383. The number of aromatic nitrogens is 3. The molecule has 0 aliphatic heterocycles. The Labute approximate surface area is 68.9 Å². The average Bonchev–Trinajstić information content (AvgIpc) is 2.06. The van der Waals surface area contributed by atoms with E-state index < -0.39 is 0 Å². The van der Waals surface area contributed by atoms with Gasteiger partial charge in [0.15, 0.2) is 0 Å². The Morgan fingerprint density at radius 2 is 1.91 bits per heavy atom. The van der Waals surface area contributed by atoms with Crippen molar-refractivity contribution in [2.75, 3.05) is 0 Å². The van der Waals surface area contributed by atoms with E-state index in [1.807, 2.05) is 0 Å². The van der Waals surface area contributed by atoms with Crippen LogP contribution in [0.25, 0.3) is 11.0 Å². The number of nitrogens with zero attached hydrogens (tertiary/aromatic N) is 3. The van der Waals surface area contributed by atoms with Crippen LogP contribution in [0.2, 0.25) is 0 Å². The van der Waals surface area contributed by atoms with Gasteiger partial charge in [-0.15, -0.1) is 12.6 Å². The minimum Gasteiger partial charge on any atom is -0.261 e. The van der Waals surface area contributed by atoms with Crippen molar-refractivity contribution in [1.82, 2.24) is 15.0 Å². The molecule has 0 atom stereocenters. The molecule has 0 aliphatic rings. The van der Waals surface area contributed by atoms with E-state index >= 15 is 0 Å². The standard InChI is InChI=1S/C7H5N3S/c11-6-4-8-3-5-7(6)10-2-1-9-5/h1-4,11H. The van der Waals surface area contributed by atoms with E-state index in [-0.39, 0.29) is 0 Å². The molecule has 2 rings (SSSR count). The van der Waals surface area contributed by atoms with Crippen LogP contribution in [-0.2, 0) is 0 Å². The summed E-state index contributed by atoms with van der Waals surface area (Å²) < 4.78 is 0. The van der Waals surface area contributed by atoms with Crippen molar-refractivity contribution in [3.63, 3.8) is 0 Å². The van der Waals surface area contributed by atoms with Crippen LogP contribution in [0.3, 0.4) is 0 Å². The Morgan fingerprint density at radius 3 is 2.73 bits per heavy atom. The van der Waals surface area contributed by atoms with E-state index in [0.717, 1.165) is 15.9 Å². The number of fused-ring (bicyclic) bond motifs is 1. The van der Waals surface area contributed by atoms with Gasteiger partial charge in [0.25, 0.3) is 0 Å².